The van der Waals surface area contributed by atoms with Crippen LogP contribution in [0.5, 0.6) is 5.88 Å². The number of piperidine rings is 1. The molecule has 2 saturated heterocycles. The molecule has 2 fully saturated rings. The molecule has 2 aromatic rings. The van der Waals surface area contributed by atoms with Gasteiger partial charge in [0.1, 0.15) is 6.10 Å². The molecule has 0 saturated carbocycles. The summed E-state index contributed by atoms with van der Waals surface area (Å²) in [5, 5.41) is 0. The Labute approximate surface area is 173 Å². The summed E-state index contributed by atoms with van der Waals surface area (Å²) in [5.74, 6) is 1.06. The smallest absolute Gasteiger partial charge is 0.261 e. The molecule has 2 aromatic heterocycles. The second kappa shape index (κ2) is 8.97. The van der Waals surface area contributed by atoms with Gasteiger partial charge in [0, 0.05) is 38.4 Å². The lowest BCUT2D eigenvalue weighted by molar-refractivity contribution is 0.121. The molecule has 0 amide bonds. The zero-order chi connectivity index (χ0) is 20.2. The van der Waals surface area contributed by atoms with Gasteiger partial charge in [-0.25, -0.2) is 9.97 Å². The average molecular weight is 420 g/mol. The highest BCUT2D eigenvalue weighted by Crippen LogP contribution is 2.26. The number of hydrogen-bond acceptors (Lipinski definition) is 10. The van der Waals surface area contributed by atoms with Gasteiger partial charge in [0.05, 0.1) is 24.5 Å². The standard InChI is InChI=1S/C18H25N7O3S/c1-29-25-4-2-12(3-5-25)28-15-10-14(13-11-20-17(19)23-16(13)26)21-18(22-15)24-6-8-27-9-7-24/h10-12H,2-9H2,1H3,(H3,19,20,23,26). The van der Waals surface area contributed by atoms with Crippen molar-refractivity contribution in [2.75, 3.05) is 56.3 Å². The number of H-pyrrole nitrogens is 1. The fourth-order valence-electron chi connectivity index (χ4n) is 3.41. The summed E-state index contributed by atoms with van der Waals surface area (Å²) >= 11 is 1.76. The largest absolute Gasteiger partial charge is 0.474 e. The fourth-order valence-corrected chi connectivity index (χ4v) is 3.99. The number of nitrogens with two attached hydrogens (primary N) is 1. The van der Waals surface area contributed by atoms with E-state index in [4.69, 9.17) is 15.2 Å². The Morgan fingerprint density at radius 3 is 2.69 bits per heavy atom. The Balaban J connectivity index is 1.63. The molecule has 10 nitrogen and oxygen atoms in total. The molecule has 2 aliphatic heterocycles. The van der Waals surface area contributed by atoms with Crippen molar-refractivity contribution in [1.29, 1.82) is 0 Å². The van der Waals surface area contributed by atoms with E-state index in [1.165, 1.54) is 6.20 Å². The summed E-state index contributed by atoms with van der Waals surface area (Å²) in [6.45, 7) is 4.54. The molecule has 0 radical (unpaired) electrons. The maximum atomic E-state index is 12.4. The quantitative estimate of drug-likeness (QED) is 0.672. The van der Waals surface area contributed by atoms with Crippen molar-refractivity contribution in [3.8, 4) is 17.1 Å². The topological polar surface area (TPSA) is 122 Å². The van der Waals surface area contributed by atoms with Crippen LogP contribution >= 0.6 is 11.9 Å². The van der Waals surface area contributed by atoms with Gasteiger partial charge in [0.2, 0.25) is 11.8 Å². The van der Waals surface area contributed by atoms with Crippen molar-refractivity contribution >= 4 is 23.8 Å². The lowest BCUT2D eigenvalue weighted by Gasteiger charge is -2.31. The molecule has 0 bridgehead atoms. The minimum Gasteiger partial charge on any atom is -0.474 e. The Kier molecular flexibility index (Phi) is 6.16. The molecular weight excluding hydrogens is 394 g/mol. The molecule has 0 atom stereocenters. The number of nitrogen functional groups attached to an aromatic ring is 1. The number of ether oxygens (including phenoxy) is 2. The van der Waals surface area contributed by atoms with E-state index >= 15 is 0 Å². The van der Waals surface area contributed by atoms with E-state index in [1.807, 2.05) is 4.90 Å². The zero-order valence-corrected chi connectivity index (χ0v) is 17.2. The number of nitrogens with zero attached hydrogens (tertiary/aromatic N) is 5. The van der Waals surface area contributed by atoms with E-state index in [0.29, 0.717) is 49.4 Å². The molecule has 29 heavy (non-hydrogen) atoms. The lowest BCUT2D eigenvalue weighted by atomic mass is 10.1. The summed E-state index contributed by atoms with van der Waals surface area (Å²) in [5.41, 5.74) is 6.03. The lowest BCUT2D eigenvalue weighted by Crippen LogP contribution is -2.38. The van der Waals surface area contributed by atoms with Crippen LogP contribution in [0.2, 0.25) is 0 Å². The molecule has 2 aliphatic rings. The van der Waals surface area contributed by atoms with E-state index < -0.39 is 0 Å². The van der Waals surface area contributed by atoms with Crippen LogP contribution in [0.1, 0.15) is 12.8 Å². The SMILES string of the molecule is CSN1CCC(Oc2cc(-c3cnc(N)[nH]c3=O)nc(N3CCOCC3)n2)CC1. The summed E-state index contributed by atoms with van der Waals surface area (Å²) in [4.78, 5) is 30.2. The highest BCUT2D eigenvalue weighted by Gasteiger charge is 2.23. The van der Waals surface area contributed by atoms with E-state index in [1.54, 1.807) is 18.0 Å². The van der Waals surface area contributed by atoms with E-state index in [2.05, 4.69) is 30.5 Å². The number of aromatic nitrogens is 4. The van der Waals surface area contributed by atoms with E-state index in [0.717, 1.165) is 25.9 Å². The second-order valence-electron chi connectivity index (χ2n) is 6.93. The molecule has 0 aromatic carbocycles. The average Bonchev–Trinajstić information content (AvgIpc) is 2.75. The first-order valence-corrected chi connectivity index (χ1v) is 10.8. The van der Waals surface area contributed by atoms with Gasteiger partial charge in [-0.05, 0) is 19.1 Å². The molecule has 4 rings (SSSR count). The van der Waals surface area contributed by atoms with Crippen LogP contribution < -0.4 is 20.9 Å². The number of aromatic amines is 1. The normalized spacial score (nSPS) is 18.7. The van der Waals surface area contributed by atoms with Gasteiger partial charge in [-0.3, -0.25) is 14.1 Å². The van der Waals surface area contributed by atoms with Gasteiger partial charge in [-0.15, -0.1) is 0 Å². The van der Waals surface area contributed by atoms with Crippen molar-refractivity contribution < 1.29 is 9.47 Å². The highest BCUT2D eigenvalue weighted by molar-refractivity contribution is 7.96. The minimum absolute atomic E-state index is 0.0678. The van der Waals surface area contributed by atoms with E-state index in [-0.39, 0.29) is 17.6 Å². The number of morpholine rings is 1. The Morgan fingerprint density at radius 1 is 1.24 bits per heavy atom. The maximum Gasteiger partial charge on any atom is 0.261 e. The van der Waals surface area contributed by atoms with Crippen LogP contribution in [0.3, 0.4) is 0 Å². The van der Waals surface area contributed by atoms with Crippen molar-refractivity contribution in [3.63, 3.8) is 0 Å². The molecule has 4 heterocycles. The third-order valence-corrected chi connectivity index (χ3v) is 5.91. The molecule has 0 spiro atoms. The molecule has 11 heteroatoms. The van der Waals surface area contributed by atoms with Crippen molar-refractivity contribution in [3.05, 3.63) is 22.6 Å². The van der Waals surface area contributed by atoms with Crippen molar-refractivity contribution in [2.24, 2.45) is 0 Å². The molecule has 3 N–H and O–H groups in total. The van der Waals surface area contributed by atoms with Gasteiger partial charge < -0.3 is 20.1 Å². The predicted molar refractivity (Wildman–Crippen MR) is 112 cm³/mol. The van der Waals surface area contributed by atoms with Crippen LogP contribution in [0.4, 0.5) is 11.9 Å². The first-order valence-electron chi connectivity index (χ1n) is 9.65. The van der Waals surface area contributed by atoms with Gasteiger partial charge in [-0.2, -0.15) is 4.98 Å². The van der Waals surface area contributed by atoms with Crippen molar-refractivity contribution in [1.82, 2.24) is 24.2 Å². The van der Waals surface area contributed by atoms with Crippen LogP contribution in [-0.2, 0) is 4.74 Å². The van der Waals surface area contributed by atoms with Gasteiger partial charge in [0.15, 0.2) is 5.95 Å². The van der Waals surface area contributed by atoms with Crippen molar-refractivity contribution in [2.45, 2.75) is 18.9 Å². The minimum atomic E-state index is -0.344. The first-order chi connectivity index (χ1) is 14.1. The fraction of sp³-hybridized carbons (Fsp3) is 0.556. The van der Waals surface area contributed by atoms with Crippen LogP contribution in [0, 0.1) is 0 Å². The van der Waals surface area contributed by atoms with E-state index in [9.17, 15) is 4.79 Å². The Bertz CT molecular complexity index is 895. The molecular formula is C18H25N7O3S. The maximum absolute atomic E-state index is 12.4. The van der Waals surface area contributed by atoms with Crippen LogP contribution in [0.15, 0.2) is 17.1 Å². The third kappa shape index (κ3) is 4.80. The molecule has 156 valence electrons. The first kappa shape index (κ1) is 19.9. The second-order valence-corrected chi connectivity index (χ2v) is 7.81. The highest BCUT2D eigenvalue weighted by atomic mass is 32.2. The Hall–Kier alpha value is -2.37. The zero-order valence-electron chi connectivity index (χ0n) is 16.3. The number of nitrogens with one attached hydrogen (secondary N) is 1. The third-order valence-electron chi connectivity index (χ3n) is 5.03. The predicted octanol–water partition coefficient (Wildman–Crippen LogP) is 0.767. The number of rotatable bonds is 5. The monoisotopic (exact) mass is 419 g/mol. The van der Waals surface area contributed by atoms with Crippen LogP contribution in [-0.4, -0.2) is 76.0 Å². The van der Waals surface area contributed by atoms with Gasteiger partial charge in [-0.1, -0.05) is 11.9 Å². The summed E-state index contributed by atoms with van der Waals surface area (Å²) in [7, 11) is 0. The number of hydrogen-bond donors (Lipinski definition) is 2. The Morgan fingerprint density at radius 2 is 2.00 bits per heavy atom. The van der Waals surface area contributed by atoms with Crippen LogP contribution in [0.25, 0.3) is 11.3 Å². The molecule has 0 aliphatic carbocycles. The molecule has 0 unspecified atom stereocenters. The number of anilines is 2. The van der Waals surface area contributed by atoms with Gasteiger partial charge in [0.25, 0.3) is 5.56 Å². The summed E-state index contributed by atoms with van der Waals surface area (Å²) in [6.07, 6.45) is 5.46. The summed E-state index contributed by atoms with van der Waals surface area (Å²) in [6, 6.07) is 1.70. The van der Waals surface area contributed by atoms with Gasteiger partial charge >= 0.3 is 0 Å². The summed E-state index contributed by atoms with van der Waals surface area (Å²) < 4.78 is 14.0.